The first-order valence-corrected chi connectivity index (χ1v) is 6.67. The molecule has 4 rings (SSSR count). The molecule has 21 heavy (non-hydrogen) atoms. The van der Waals surface area contributed by atoms with E-state index in [1.807, 2.05) is 6.07 Å². The van der Waals surface area contributed by atoms with Crippen molar-refractivity contribution in [2.24, 2.45) is 0 Å². The molecule has 0 aromatic heterocycles. The number of rotatable bonds is 1. The molecule has 0 radical (unpaired) electrons. The Morgan fingerprint density at radius 2 is 2.05 bits per heavy atom. The highest BCUT2D eigenvalue weighted by Crippen LogP contribution is 2.52. The van der Waals surface area contributed by atoms with Crippen LogP contribution < -0.4 is 10.1 Å². The van der Waals surface area contributed by atoms with E-state index in [4.69, 9.17) is 4.74 Å². The van der Waals surface area contributed by atoms with Gasteiger partial charge in [-0.15, -0.1) is 0 Å². The maximum absolute atomic E-state index is 12.1. The lowest BCUT2D eigenvalue weighted by atomic mass is 9.81. The Hall–Kier alpha value is -2.69. The summed E-state index contributed by atoms with van der Waals surface area (Å²) in [6.45, 7) is 0. The van der Waals surface area contributed by atoms with E-state index in [9.17, 15) is 15.0 Å². The molecule has 106 valence electrons. The van der Waals surface area contributed by atoms with Crippen molar-refractivity contribution < 1.29 is 19.7 Å². The second-order valence-electron chi connectivity index (χ2n) is 5.30. The molecule has 2 aromatic carbocycles. The van der Waals surface area contributed by atoms with Gasteiger partial charge in [-0.1, -0.05) is 12.1 Å². The van der Waals surface area contributed by atoms with E-state index in [0.29, 0.717) is 23.3 Å². The fraction of sp³-hybridized carbons (Fsp3) is 0.188. The first-order chi connectivity index (χ1) is 10.1. The van der Waals surface area contributed by atoms with Crippen LogP contribution >= 0.6 is 0 Å². The fourth-order valence-electron chi connectivity index (χ4n) is 3.38. The van der Waals surface area contributed by atoms with Gasteiger partial charge in [0.15, 0.2) is 11.5 Å². The van der Waals surface area contributed by atoms with Crippen LogP contribution in [0.1, 0.15) is 27.5 Å². The fourth-order valence-corrected chi connectivity index (χ4v) is 3.38. The normalized spacial score (nSPS) is 18.0. The van der Waals surface area contributed by atoms with Gasteiger partial charge < -0.3 is 20.3 Å². The predicted molar refractivity (Wildman–Crippen MR) is 75.7 cm³/mol. The summed E-state index contributed by atoms with van der Waals surface area (Å²) >= 11 is 0. The van der Waals surface area contributed by atoms with Crippen molar-refractivity contribution in [3.8, 4) is 28.4 Å². The number of ether oxygens (including phenoxy) is 1. The molecule has 0 saturated heterocycles. The topological polar surface area (TPSA) is 78.8 Å². The van der Waals surface area contributed by atoms with Crippen LogP contribution in [-0.4, -0.2) is 23.2 Å². The van der Waals surface area contributed by atoms with Gasteiger partial charge in [-0.2, -0.15) is 0 Å². The first-order valence-electron chi connectivity index (χ1n) is 6.67. The monoisotopic (exact) mass is 283 g/mol. The summed E-state index contributed by atoms with van der Waals surface area (Å²) in [5.74, 6) is 0.243. The summed E-state index contributed by atoms with van der Waals surface area (Å²) < 4.78 is 5.34. The van der Waals surface area contributed by atoms with Crippen LogP contribution in [0.3, 0.4) is 0 Å². The van der Waals surface area contributed by atoms with Gasteiger partial charge in [-0.05, 0) is 23.3 Å². The molecule has 1 atom stereocenters. The highest BCUT2D eigenvalue weighted by Gasteiger charge is 2.39. The van der Waals surface area contributed by atoms with E-state index in [-0.39, 0.29) is 23.4 Å². The number of amides is 1. The highest BCUT2D eigenvalue weighted by atomic mass is 16.5. The minimum absolute atomic E-state index is 0.0711. The lowest BCUT2D eigenvalue weighted by molar-refractivity contribution is 0.0956. The molecule has 0 fully saturated rings. The maximum Gasteiger partial charge on any atom is 0.252 e. The van der Waals surface area contributed by atoms with E-state index >= 15 is 0 Å². The Bertz CT molecular complexity index is 797. The summed E-state index contributed by atoms with van der Waals surface area (Å²) in [6, 6.07) is 6.48. The van der Waals surface area contributed by atoms with Gasteiger partial charge in [0.2, 0.25) is 0 Å². The van der Waals surface area contributed by atoms with Gasteiger partial charge in [0.05, 0.1) is 13.2 Å². The Labute approximate surface area is 120 Å². The van der Waals surface area contributed by atoms with Crippen LogP contribution in [0.25, 0.3) is 11.1 Å². The number of carbonyl (C=O) groups excluding carboxylic acids is 1. The van der Waals surface area contributed by atoms with Crippen molar-refractivity contribution in [2.45, 2.75) is 12.5 Å². The maximum atomic E-state index is 12.1. The number of aromatic hydroxyl groups is 2. The second kappa shape index (κ2) is 3.91. The predicted octanol–water partition coefficient (Wildman–Crippen LogP) is 2.11. The molecular weight excluding hydrogens is 270 g/mol. The molecular formula is C16H13NO4. The molecule has 0 unspecified atom stereocenters. The largest absolute Gasteiger partial charge is 0.508 e. The zero-order valence-corrected chi connectivity index (χ0v) is 11.3. The lowest BCUT2D eigenvalue weighted by Gasteiger charge is -2.26. The third-order valence-corrected chi connectivity index (χ3v) is 4.23. The van der Waals surface area contributed by atoms with E-state index in [1.165, 1.54) is 13.2 Å². The van der Waals surface area contributed by atoms with Crippen LogP contribution in [-0.2, 0) is 6.42 Å². The lowest BCUT2D eigenvalue weighted by Crippen LogP contribution is -2.22. The third kappa shape index (κ3) is 1.43. The number of phenolic OH excluding ortho intramolecular Hbond substituents is 2. The van der Waals surface area contributed by atoms with Crippen molar-refractivity contribution in [2.75, 3.05) is 7.11 Å². The number of phenols is 2. The zero-order chi connectivity index (χ0) is 14.7. The van der Waals surface area contributed by atoms with Crippen molar-refractivity contribution in [1.82, 2.24) is 5.32 Å². The number of nitrogens with one attached hydrogen (secondary N) is 1. The van der Waals surface area contributed by atoms with Crippen molar-refractivity contribution in [1.29, 1.82) is 0 Å². The van der Waals surface area contributed by atoms with Crippen LogP contribution in [0, 0.1) is 0 Å². The van der Waals surface area contributed by atoms with Gasteiger partial charge in [-0.3, -0.25) is 4.79 Å². The summed E-state index contributed by atoms with van der Waals surface area (Å²) in [5.41, 5.74) is 3.56. The molecule has 5 heteroatoms. The molecule has 5 nitrogen and oxygen atoms in total. The summed E-state index contributed by atoms with van der Waals surface area (Å²) in [5, 5.41) is 23.1. The molecule has 2 aromatic rings. The summed E-state index contributed by atoms with van der Waals surface area (Å²) in [6.07, 6.45) is 0.529. The summed E-state index contributed by atoms with van der Waals surface area (Å²) in [7, 11) is 1.48. The van der Waals surface area contributed by atoms with Crippen LogP contribution in [0.15, 0.2) is 24.3 Å². The second-order valence-corrected chi connectivity index (χ2v) is 5.30. The number of hydrogen-bond acceptors (Lipinski definition) is 4. The number of hydrogen-bond donors (Lipinski definition) is 3. The van der Waals surface area contributed by atoms with Crippen molar-refractivity contribution in [3.05, 3.63) is 41.0 Å². The van der Waals surface area contributed by atoms with Gasteiger partial charge in [-0.25, -0.2) is 0 Å². The quantitative estimate of drug-likeness (QED) is 0.749. The summed E-state index contributed by atoms with van der Waals surface area (Å²) in [4.78, 5) is 12.1. The van der Waals surface area contributed by atoms with Gasteiger partial charge >= 0.3 is 0 Å². The molecule has 1 heterocycles. The molecule has 0 saturated carbocycles. The molecule has 1 amide bonds. The molecule has 0 spiro atoms. The third-order valence-electron chi connectivity index (χ3n) is 4.23. The van der Waals surface area contributed by atoms with Gasteiger partial charge in [0.1, 0.15) is 5.75 Å². The SMILES string of the molecule is COc1c(O)cc2c3c1-c1cccc(O)c1C[C@H]3NC2=O. The van der Waals surface area contributed by atoms with E-state index in [2.05, 4.69) is 5.32 Å². The molecule has 1 aliphatic carbocycles. The van der Waals surface area contributed by atoms with Crippen LogP contribution in [0.5, 0.6) is 17.2 Å². The molecule has 1 aliphatic heterocycles. The van der Waals surface area contributed by atoms with Crippen molar-refractivity contribution >= 4 is 5.91 Å². The van der Waals surface area contributed by atoms with Crippen LogP contribution in [0.2, 0.25) is 0 Å². The molecule has 2 aliphatic rings. The molecule has 0 bridgehead atoms. The number of methoxy groups -OCH3 is 1. The minimum atomic E-state index is -0.207. The Balaban J connectivity index is 2.14. The first kappa shape index (κ1) is 12.1. The highest BCUT2D eigenvalue weighted by molar-refractivity contribution is 6.04. The number of fused-ring (bicyclic) bond motifs is 2. The van der Waals surface area contributed by atoms with Crippen LogP contribution in [0.4, 0.5) is 0 Å². The Kier molecular flexibility index (Phi) is 2.25. The van der Waals surface area contributed by atoms with E-state index < -0.39 is 0 Å². The van der Waals surface area contributed by atoms with Gasteiger partial charge in [0.25, 0.3) is 5.91 Å². The van der Waals surface area contributed by atoms with E-state index in [0.717, 1.165) is 16.7 Å². The van der Waals surface area contributed by atoms with Crippen molar-refractivity contribution in [3.63, 3.8) is 0 Å². The minimum Gasteiger partial charge on any atom is -0.508 e. The average Bonchev–Trinajstić information content (AvgIpc) is 2.77. The average molecular weight is 283 g/mol. The molecule has 3 N–H and O–H groups in total. The number of carbonyl (C=O) groups is 1. The Morgan fingerprint density at radius 3 is 2.81 bits per heavy atom. The number of benzene rings is 2. The Morgan fingerprint density at radius 1 is 1.24 bits per heavy atom. The standard InChI is InChI=1S/C16H13NO4/c1-21-15-12(19)6-9-13-10(17-16(9)20)5-8-7(14(13)15)3-2-4-11(8)18/h2-4,6,10,18-19H,5H2,1H3,(H,17,20)/t10-/m1/s1. The zero-order valence-electron chi connectivity index (χ0n) is 11.3. The van der Waals surface area contributed by atoms with Gasteiger partial charge in [0, 0.05) is 23.1 Å². The smallest absolute Gasteiger partial charge is 0.252 e. The van der Waals surface area contributed by atoms with E-state index in [1.54, 1.807) is 12.1 Å².